The van der Waals surface area contributed by atoms with Crippen molar-refractivity contribution >= 4 is 23.6 Å². The molecule has 56 heavy (non-hydrogen) atoms. The van der Waals surface area contributed by atoms with E-state index in [2.05, 4.69) is 33.0 Å². The van der Waals surface area contributed by atoms with Crippen molar-refractivity contribution < 1.29 is 29.4 Å². The van der Waals surface area contributed by atoms with Crippen molar-refractivity contribution in [1.29, 1.82) is 0 Å². The molecule has 0 rings (SSSR count). The fourth-order valence-electron chi connectivity index (χ4n) is 6.93. The van der Waals surface area contributed by atoms with Crippen LogP contribution >= 0.6 is 0 Å². The summed E-state index contributed by atoms with van der Waals surface area (Å²) in [6.07, 6.45) is 24.2. The van der Waals surface area contributed by atoms with Crippen molar-refractivity contribution in [3.8, 4) is 0 Å². The topological polar surface area (TPSA) is 160 Å². The van der Waals surface area contributed by atoms with Crippen LogP contribution in [0.1, 0.15) is 182 Å². The molecule has 12 nitrogen and oxygen atoms in total. The molecule has 0 saturated carbocycles. The van der Waals surface area contributed by atoms with Gasteiger partial charge in [-0.3, -0.25) is 19.2 Å². The molecule has 0 aromatic carbocycles. The van der Waals surface area contributed by atoms with Crippen LogP contribution < -0.4 is 11.1 Å². The van der Waals surface area contributed by atoms with Crippen LogP contribution in [0.4, 0.5) is 0 Å². The Morgan fingerprint density at radius 2 is 0.750 bits per heavy atom. The molecule has 0 aromatic heterocycles. The first-order valence-corrected chi connectivity index (χ1v) is 23.0. The number of hydrogen-bond acceptors (Lipinski definition) is 8. The van der Waals surface area contributed by atoms with E-state index in [-0.39, 0.29) is 69.5 Å². The first kappa shape index (κ1) is 53.7. The summed E-state index contributed by atoms with van der Waals surface area (Å²) in [5.74, 6) is -1.01. The highest BCUT2D eigenvalue weighted by atomic mass is 16.3. The van der Waals surface area contributed by atoms with Crippen molar-refractivity contribution in [3.63, 3.8) is 0 Å². The number of aliphatic hydroxyl groups is 2. The molecule has 0 heterocycles. The zero-order valence-electron chi connectivity index (χ0n) is 36.7. The third-order valence-corrected chi connectivity index (χ3v) is 10.5. The normalized spacial score (nSPS) is 11.8. The average Bonchev–Trinajstić information content (AvgIpc) is 3.17. The molecule has 0 spiro atoms. The highest BCUT2D eigenvalue weighted by Crippen LogP contribution is 2.13. The van der Waals surface area contributed by atoms with Gasteiger partial charge in [0.05, 0.1) is 39.3 Å². The highest BCUT2D eigenvalue weighted by molar-refractivity contribution is 5.90. The number of carbonyl (C=O) groups is 4. The quantitative estimate of drug-likeness (QED) is 0.0399. The van der Waals surface area contributed by atoms with Crippen LogP contribution in [0.3, 0.4) is 0 Å². The van der Waals surface area contributed by atoms with E-state index < -0.39 is 6.23 Å². The Morgan fingerprint density at radius 3 is 1.09 bits per heavy atom. The van der Waals surface area contributed by atoms with Gasteiger partial charge in [0.1, 0.15) is 6.23 Å². The van der Waals surface area contributed by atoms with Gasteiger partial charge >= 0.3 is 0 Å². The van der Waals surface area contributed by atoms with E-state index in [9.17, 15) is 29.4 Å². The van der Waals surface area contributed by atoms with Crippen molar-refractivity contribution in [1.82, 2.24) is 24.9 Å². The smallest absolute Gasteiger partial charge is 0.242 e. The standard InChI is InChI=1S/C44H88N6O6/c1-5-9-13-17-19-21-23-27-30-47(36-40(45)52)42(54)38-49(32-26-16-12-8-4)44(56)39-50(33-28-24-22-20-18-14-10-6-2)43(55)37-48(31-25-15-11-7-3)41(53)35-46-29-34-51/h40,46,51-52H,5-39,45H2,1-4H3. The van der Waals surface area contributed by atoms with Crippen LogP contribution in [0.5, 0.6) is 0 Å². The van der Waals surface area contributed by atoms with Gasteiger partial charge in [0, 0.05) is 32.7 Å². The molecule has 0 aliphatic heterocycles. The summed E-state index contributed by atoms with van der Waals surface area (Å²) >= 11 is 0. The van der Waals surface area contributed by atoms with E-state index in [1.807, 2.05) is 0 Å². The summed E-state index contributed by atoms with van der Waals surface area (Å²) in [7, 11) is 0. The van der Waals surface area contributed by atoms with Crippen molar-refractivity contribution in [2.45, 2.75) is 188 Å². The maximum Gasteiger partial charge on any atom is 0.242 e. The minimum absolute atomic E-state index is 0.00549. The molecular formula is C44H88N6O6. The van der Waals surface area contributed by atoms with Crippen LogP contribution in [-0.4, -0.2) is 132 Å². The Labute approximate surface area is 343 Å². The third-order valence-electron chi connectivity index (χ3n) is 10.5. The van der Waals surface area contributed by atoms with Crippen molar-refractivity contribution in [2.24, 2.45) is 5.73 Å². The van der Waals surface area contributed by atoms with Crippen molar-refractivity contribution in [3.05, 3.63) is 0 Å². The predicted octanol–water partition coefficient (Wildman–Crippen LogP) is 6.60. The summed E-state index contributed by atoms with van der Waals surface area (Å²) < 4.78 is 0. The number of amides is 4. The Bertz CT molecular complexity index is 970. The lowest BCUT2D eigenvalue weighted by atomic mass is 10.1. The summed E-state index contributed by atoms with van der Waals surface area (Å²) in [5.41, 5.74) is 5.77. The first-order chi connectivity index (χ1) is 27.1. The second kappa shape index (κ2) is 38.2. The summed E-state index contributed by atoms with van der Waals surface area (Å²) in [6, 6.07) is 0. The Balaban J connectivity index is 5.98. The van der Waals surface area contributed by atoms with E-state index in [0.29, 0.717) is 26.2 Å². The van der Waals surface area contributed by atoms with Gasteiger partial charge in [-0.1, -0.05) is 156 Å². The number of rotatable bonds is 40. The van der Waals surface area contributed by atoms with E-state index in [1.54, 1.807) is 19.6 Å². The molecule has 330 valence electrons. The molecule has 0 radical (unpaired) electrons. The molecule has 12 heteroatoms. The van der Waals surface area contributed by atoms with Gasteiger partial charge in [0.15, 0.2) is 0 Å². The van der Waals surface area contributed by atoms with Gasteiger partial charge in [-0.25, -0.2) is 0 Å². The maximum absolute atomic E-state index is 14.2. The molecule has 4 amide bonds. The van der Waals surface area contributed by atoms with Gasteiger partial charge in [0.25, 0.3) is 0 Å². The van der Waals surface area contributed by atoms with Crippen LogP contribution in [-0.2, 0) is 19.2 Å². The lowest BCUT2D eigenvalue weighted by Crippen LogP contribution is -2.51. The van der Waals surface area contributed by atoms with E-state index in [0.717, 1.165) is 96.3 Å². The van der Waals surface area contributed by atoms with Gasteiger partial charge in [-0.2, -0.15) is 0 Å². The van der Waals surface area contributed by atoms with Gasteiger partial charge in [-0.15, -0.1) is 0 Å². The SMILES string of the molecule is CCCCCCCCCCN(CC(=O)N(CCCCCC)CC(=O)N(CCCCCCCCCC)CC(N)O)C(=O)CN(CCCCCC)C(=O)CNCCO. The number of nitrogens with zero attached hydrogens (tertiary/aromatic N) is 4. The molecule has 1 atom stereocenters. The molecular weight excluding hydrogens is 709 g/mol. The zero-order chi connectivity index (χ0) is 41.7. The monoisotopic (exact) mass is 797 g/mol. The van der Waals surface area contributed by atoms with E-state index in [4.69, 9.17) is 5.73 Å². The first-order valence-electron chi connectivity index (χ1n) is 23.0. The number of hydrogen-bond donors (Lipinski definition) is 4. The second-order valence-electron chi connectivity index (χ2n) is 15.8. The molecule has 0 aliphatic rings. The largest absolute Gasteiger partial charge is 0.395 e. The minimum atomic E-state index is -1.17. The van der Waals surface area contributed by atoms with E-state index in [1.165, 1.54) is 57.8 Å². The molecule has 0 bridgehead atoms. The molecule has 5 N–H and O–H groups in total. The molecule has 1 unspecified atom stereocenters. The Morgan fingerprint density at radius 1 is 0.464 bits per heavy atom. The van der Waals surface area contributed by atoms with Gasteiger partial charge < -0.3 is 40.9 Å². The predicted molar refractivity (Wildman–Crippen MR) is 230 cm³/mol. The lowest BCUT2D eigenvalue weighted by molar-refractivity contribution is -0.146. The van der Waals surface area contributed by atoms with Crippen LogP contribution in [0, 0.1) is 0 Å². The Hall–Kier alpha value is -2.28. The summed E-state index contributed by atoms with van der Waals surface area (Å²) in [4.78, 5) is 61.6. The number of aliphatic hydroxyl groups excluding tert-OH is 2. The van der Waals surface area contributed by atoms with Gasteiger partial charge in [-0.05, 0) is 25.7 Å². The lowest BCUT2D eigenvalue weighted by Gasteiger charge is -2.31. The summed E-state index contributed by atoms with van der Waals surface area (Å²) in [6.45, 7) is 10.2. The van der Waals surface area contributed by atoms with Gasteiger partial charge in [0.2, 0.25) is 23.6 Å². The molecule has 0 fully saturated rings. The minimum Gasteiger partial charge on any atom is -0.395 e. The average molecular weight is 797 g/mol. The third kappa shape index (κ3) is 29.9. The van der Waals surface area contributed by atoms with Crippen LogP contribution in [0.15, 0.2) is 0 Å². The van der Waals surface area contributed by atoms with Crippen molar-refractivity contribution in [2.75, 3.05) is 72.1 Å². The second-order valence-corrected chi connectivity index (χ2v) is 15.8. The molecule has 0 aromatic rings. The van der Waals surface area contributed by atoms with Crippen LogP contribution in [0.25, 0.3) is 0 Å². The fourth-order valence-corrected chi connectivity index (χ4v) is 6.93. The number of nitrogens with one attached hydrogen (secondary N) is 1. The van der Waals surface area contributed by atoms with E-state index >= 15 is 0 Å². The molecule has 0 aliphatic carbocycles. The fraction of sp³-hybridized carbons (Fsp3) is 0.909. The Kier molecular flexibility index (Phi) is 36.7. The number of carbonyl (C=O) groups excluding carboxylic acids is 4. The molecule has 0 saturated heterocycles. The summed E-state index contributed by atoms with van der Waals surface area (Å²) in [5, 5.41) is 22.2. The zero-order valence-corrected chi connectivity index (χ0v) is 36.7. The number of unbranched alkanes of at least 4 members (excludes halogenated alkanes) is 20. The number of nitrogens with two attached hydrogens (primary N) is 1. The highest BCUT2D eigenvalue weighted by Gasteiger charge is 2.27. The maximum atomic E-state index is 14.2. The van der Waals surface area contributed by atoms with Crippen LogP contribution in [0.2, 0.25) is 0 Å².